The Hall–Kier alpha value is -3.74. The first-order valence-electron chi connectivity index (χ1n) is 11.0. The number of hydrogen-bond acceptors (Lipinski definition) is 7. The van der Waals surface area contributed by atoms with Gasteiger partial charge in [-0.1, -0.05) is 36.4 Å². The Morgan fingerprint density at radius 1 is 1.09 bits per heavy atom. The van der Waals surface area contributed by atoms with Gasteiger partial charge < -0.3 is 24.7 Å². The number of benzene rings is 2. The van der Waals surface area contributed by atoms with Crippen LogP contribution >= 0.6 is 0 Å². The van der Waals surface area contributed by atoms with Crippen molar-refractivity contribution in [3.05, 3.63) is 82.4 Å². The fourth-order valence-electron chi connectivity index (χ4n) is 4.23. The lowest BCUT2D eigenvalue weighted by atomic mass is 9.77. The minimum Gasteiger partial charge on any atom is -0.490 e. The molecule has 0 fully saturated rings. The van der Waals surface area contributed by atoms with Gasteiger partial charge in [-0.05, 0) is 36.6 Å². The molecule has 0 aromatic heterocycles. The van der Waals surface area contributed by atoms with Crippen LogP contribution in [0.2, 0.25) is 0 Å². The van der Waals surface area contributed by atoms with E-state index in [4.69, 9.17) is 24.7 Å². The zero-order chi connectivity index (χ0) is 23.4. The largest absolute Gasteiger partial charge is 0.490 e. The van der Waals surface area contributed by atoms with Crippen molar-refractivity contribution in [2.45, 2.75) is 38.7 Å². The normalized spacial score (nSPS) is 17.9. The number of allylic oxidation sites excluding steroid dienone is 2. The van der Waals surface area contributed by atoms with Crippen LogP contribution in [0, 0.1) is 0 Å². The van der Waals surface area contributed by atoms with Crippen LogP contribution in [0.1, 0.15) is 43.2 Å². The number of rotatable bonds is 7. The highest BCUT2D eigenvalue weighted by atomic mass is 16.5. The summed E-state index contributed by atoms with van der Waals surface area (Å²) in [5, 5.41) is 0. The maximum Gasteiger partial charge on any atom is 0.340 e. The highest BCUT2D eigenvalue weighted by Gasteiger charge is 2.41. The van der Waals surface area contributed by atoms with E-state index < -0.39 is 11.9 Å². The molecule has 0 amide bonds. The summed E-state index contributed by atoms with van der Waals surface area (Å²) in [6.45, 7) is 2.68. The third kappa shape index (κ3) is 4.58. The van der Waals surface area contributed by atoms with Crippen molar-refractivity contribution in [3.8, 4) is 11.5 Å². The molecule has 1 aliphatic carbocycles. The van der Waals surface area contributed by atoms with E-state index in [0.717, 1.165) is 5.56 Å². The van der Waals surface area contributed by atoms with Crippen molar-refractivity contribution in [2.24, 2.45) is 5.73 Å². The summed E-state index contributed by atoms with van der Waals surface area (Å²) in [6.07, 6.45) is 1.66. The van der Waals surface area contributed by atoms with Crippen LogP contribution in [-0.2, 0) is 25.7 Å². The molecule has 2 N–H and O–H groups in total. The zero-order valence-corrected chi connectivity index (χ0v) is 18.8. The van der Waals surface area contributed by atoms with E-state index in [-0.39, 0.29) is 17.2 Å². The number of carbonyl (C=O) groups is 2. The average molecular weight is 450 g/mol. The Bertz CT molecular complexity index is 1120. The maximum absolute atomic E-state index is 12.9. The predicted molar refractivity (Wildman–Crippen MR) is 121 cm³/mol. The van der Waals surface area contributed by atoms with E-state index in [1.54, 1.807) is 12.1 Å². The van der Waals surface area contributed by atoms with Crippen molar-refractivity contribution in [1.82, 2.24) is 0 Å². The maximum atomic E-state index is 12.9. The number of Topliss-reactive ketones (excluding diaryl/α,β-unsaturated/α-hetero) is 1. The van der Waals surface area contributed by atoms with E-state index in [0.29, 0.717) is 60.9 Å². The van der Waals surface area contributed by atoms with Crippen LogP contribution in [-0.4, -0.2) is 25.5 Å². The molecule has 0 radical (unpaired) electrons. The molecule has 0 unspecified atom stereocenters. The van der Waals surface area contributed by atoms with Crippen LogP contribution in [0.4, 0.5) is 0 Å². The Morgan fingerprint density at radius 3 is 2.61 bits per heavy atom. The number of carbonyl (C=O) groups excluding carboxylic acids is 2. The first-order valence-corrected chi connectivity index (χ1v) is 11.0. The number of nitrogens with two attached hydrogens (primary N) is 1. The van der Waals surface area contributed by atoms with E-state index in [1.165, 1.54) is 7.11 Å². The SMILES string of the molecule is CCOc1cc([C@@H]2C(C(=O)OC)=C(N)OC3=C2C(=O)CCC3)ccc1OCc1ccccc1. The lowest BCUT2D eigenvalue weighted by Crippen LogP contribution is -2.31. The molecule has 172 valence electrons. The molecule has 2 aliphatic rings. The second kappa shape index (κ2) is 9.81. The van der Waals surface area contributed by atoms with Crippen LogP contribution in [0.5, 0.6) is 11.5 Å². The lowest BCUT2D eigenvalue weighted by molar-refractivity contribution is -0.136. The van der Waals surface area contributed by atoms with Gasteiger partial charge in [0, 0.05) is 18.4 Å². The van der Waals surface area contributed by atoms with Gasteiger partial charge in [0.05, 0.1) is 19.6 Å². The zero-order valence-electron chi connectivity index (χ0n) is 18.8. The van der Waals surface area contributed by atoms with Gasteiger partial charge in [-0.3, -0.25) is 4.79 Å². The first kappa shape index (κ1) is 22.5. The van der Waals surface area contributed by atoms with Crippen molar-refractivity contribution < 1.29 is 28.5 Å². The summed E-state index contributed by atoms with van der Waals surface area (Å²) in [6, 6.07) is 15.2. The molecule has 2 aromatic rings. The van der Waals surface area contributed by atoms with Gasteiger partial charge in [0.2, 0.25) is 5.88 Å². The quantitative estimate of drug-likeness (QED) is 0.635. The van der Waals surface area contributed by atoms with Crippen LogP contribution in [0.3, 0.4) is 0 Å². The fourth-order valence-corrected chi connectivity index (χ4v) is 4.23. The second-order valence-corrected chi connectivity index (χ2v) is 7.83. The van der Waals surface area contributed by atoms with Crippen molar-refractivity contribution in [2.75, 3.05) is 13.7 Å². The summed E-state index contributed by atoms with van der Waals surface area (Å²) in [5.41, 5.74) is 8.41. The summed E-state index contributed by atoms with van der Waals surface area (Å²) in [4.78, 5) is 25.6. The molecule has 33 heavy (non-hydrogen) atoms. The molecule has 7 heteroatoms. The number of methoxy groups -OCH3 is 1. The van der Waals surface area contributed by atoms with Crippen molar-refractivity contribution in [1.29, 1.82) is 0 Å². The fraction of sp³-hybridized carbons (Fsp3) is 0.308. The number of hydrogen-bond donors (Lipinski definition) is 1. The van der Waals surface area contributed by atoms with Crippen LogP contribution in [0.25, 0.3) is 0 Å². The third-order valence-electron chi connectivity index (χ3n) is 5.73. The molecule has 0 saturated carbocycles. The predicted octanol–water partition coefficient (Wildman–Crippen LogP) is 4.13. The standard InChI is InChI=1S/C26H27NO6/c1-3-31-21-14-17(12-13-19(21)32-15-16-8-5-4-6-9-16)22-23-18(28)10-7-11-20(23)33-25(27)24(22)26(29)30-2/h4-6,8-9,12-14,22H,3,7,10-11,15,27H2,1-2H3/t22-/m0/s1. The van der Waals surface area contributed by atoms with E-state index in [2.05, 4.69) is 0 Å². The third-order valence-corrected chi connectivity index (χ3v) is 5.73. The summed E-state index contributed by atoms with van der Waals surface area (Å²) < 4.78 is 22.5. The monoisotopic (exact) mass is 449 g/mol. The molecule has 1 heterocycles. The Labute approximate surface area is 192 Å². The summed E-state index contributed by atoms with van der Waals surface area (Å²) in [7, 11) is 1.28. The highest BCUT2D eigenvalue weighted by Crippen LogP contribution is 2.45. The summed E-state index contributed by atoms with van der Waals surface area (Å²) >= 11 is 0. The second-order valence-electron chi connectivity index (χ2n) is 7.83. The van der Waals surface area contributed by atoms with Crippen LogP contribution < -0.4 is 15.2 Å². The average Bonchev–Trinajstić information content (AvgIpc) is 2.83. The molecule has 1 atom stereocenters. The van der Waals surface area contributed by atoms with E-state index >= 15 is 0 Å². The number of ether oxygens (including phenoxy) is 4. The van der Waals surface area contributed by atoms with Gasteiger partial charge in [0.1, 0.15) is 17.9 Å². The topological polar surface area (TPSA) is 97.1 Å². The summed E-state index contributed by atoms with van der Waals surface area (Å²) in [5.74, 6) is 0.174. The molecule has 0 saturated heterocycles. The van der Waals surface area contributed by atoms with Gasteiger partial charge in [0.15, 0.2) is 17.3 Å². The van der Waals surface area contributed by atoms with Crippen LogP contribution in [0.15, 0.2) is 71.3 Å². The van der Waals surface area contributed by atoms with E-state index in [9.17, 15) is 9.59 Å². The molecule has 0 spiro atoms. The molecule has 4 rings (SSSR count). The Kier molecular flexibility index (Phi) is 6.68. The molecule has 0 bridgehead atoms. The van der Waals surface area contributed by atoms with Crippen molar-refractivity contribution in [3.63, 3.8) is 0 Å². The Balaban J connectivity index is 1.74. The van der Waals surface area contributed by atoms with Crippen molar-refractivity contribution >= 4 is 11.8 Å². The van der Waals surface area contributed by atoms with E-state index in [1.807, 2.05) is 43.3 Å². The van der Waals surface area contributed by atoms with Gasteiger partial charge >= 0.3 is 5.97 Å². The molecule has 2 aromatic carbocycles. The molecule has 1 aliphatic heterocycles. The smallest absolute Gasteiger partial charge is 0.340 e. The molecular weight excluding hydrogens is 422 g/mol. The minimum absolute atomic E-state index is 0.0392. The lowest BCUT2D eigenvalue weighted by Gasteiger charge is -2.32. The molecule has 7 nitrogen and oxygen atoms in total. The number of esters is 1. The highest BCUT2D eigenvalue weighted by molar-refractivity contribution is 6.03. The van der Waals surface area contributed by atoms with Gasteiger partial charge in [-0.15, -0.1) is 0 Å². The van der Waals surface area contributed by atoms with Gasteiger partial charge in [0.25, 0.3) is 0 Å². The van der Waals surface area contributed by atoms with Gasteiger partial charge in [-0.25, -0.2) is 4.79 Å². The molecular formula is C26H27NO6. The minimum atomic E-state index is -0.698. The van der Waals surface area contributed by atoms with Gasteiger partial charge in [-0.2, -0.15) is 0 Å². The number of ketones is 1. The first-order chi connectivity index (χ1) is 16.0. The Morgan fingerprint density at radius 2 is 1.88 bits per heavy atom.